The topological polar surface area (TPSA) is 90.4 Å². The number of H-pyrrole nitrogens is 1. The largest absolute Gasteiger partial charge is 0.503 e. The molecule has 5 nitrogen and oxygen atoms in total. The Kier molecular flexibility index (Phi) is 2.95. The van der Waals surface area contributed by atoms with Gasteiger partial charge in [-0.05, 0) is 35.4 Å². The van der Waals surface area contributed by atoms with E-state index in [9.17, 15) is 19.8 Å². The zero-order chi connectivity index (χ0) is 15.0. The van der Waals surface area contributed by atoms with Gasteiger partial charge >= 0.3 is 5.97 Å². The van der Waals surface area contributed by atoms with E-state index in [2.05, 4.69) is 4.98 Å². The molecule has 104 valence electrons. The molecule has 0 saturated carbocycles. The van der Waals surface area contributed by atoms with E-state index in [0.29, 0.717) is 22.0 Å². The van der Waals surface area contributed by atoms with Crippen LogP contribution in [0.2, 0.25) is 0 Å². The molecular formula is C16H11NO4. The first-order valence-electron chi connectivity index (χ1n) is 6.25. The van der Waals surface area contributed by atoms with Gasteiger partial charge in [0, 0.05) is 10.9 Å². The van der Waals surface area contributed by atoms with Gasteiger partial charge in [-0.2, -0.15) is 0 Å². The SMILES string of the molecule is O=C(O)c1ccccc1-c1ccc2[nH]c(=O)c(O)cc2c1. The first-order valence-corrected chi connectivity index (χ1v) is 6.25. The molecule has 0 saturated heterocycles. The molecule has 3 aromatic rings. The van der Waals surface area contributed by atoms with E-state index in [0.717, 1.165) is 0 Å². The number of pyridine rings is 1. The summed E-state index contributed by atoms with van der Waals surface area (Å²) in [5, 5.41) is 19.3. The highest BCUT2D eigenvalue weighted by molar-refractivity contribution is 5.97. The fraction of sp³-hybridized carbons (Fsp3) is 0. The number of fused-ring (bicyclic) bond motifs is 1. The second-order valence-electron chi connectivity index (χ2n) is 4.64. The van der Waals surface area contributed by atoms with Gasteiger partial charge in [0.25, 0.3) is 5.56 Å². The molecule has 0 fully saturated rings. The van der Waals surface area contributed by atoms with E-state index in [-0.39, 0.29) is 11.3 Å². The lowest BCUT2D eigenvalue weighted by molar-refractivity contribution is 0.0697. The summed E-state index contributed by atoms with van der Waals surface area (Å²) in [6.45, 7) is 0. The number of benzene rings is 2. The van der Waals surface area contributed by atoms with Crippen LogP contribution in [0.4, 0.5) is 0 Å². The van der Waals surface area contributed by atoms with Crippen molar-refractivity contribution in [1.82, 2.24) is 4.98 Å². The number of carboxylic acids is 1. The van der Waals surface area contributed by atoms with Crippen molar-refractivity contribution < 1.29 is 15.0 Å². The summed E-state index contributed by atoms with van der Waals surface area (Å²) in [5.74, 6) is -1.37. The van der Waals surface area contributed by atoms with Crippen LogP contribution in [-0.4, -0.2) is 21.2 Å². The number of nitrogens with one attached hydrogen (secondary N) is 1. The van der Waals surface area contributed by atoms with Crippen molar-refractivity contribution >= 4 is 16.9 Å². The van der Waals surface area contributed by atoms with E-state index in [1.54, 1.807) is 36.4 Å². The lowest BCUT2D eigenvalue weighted by atomic mass is 9.98. The van der Waals surface area contributed by atoms with Crippen molar-refractivity contribution in [1.29, 1.82) is 0 Å². The zero-order valence-electron chi connectivity index (χ0n) is 10.8. The average molecular weight is 281 g/mol. The third kappa shape index (κ3) is 2.25. The van der Waals surface area contributed by atoms with Gasteiger partial charge in [0.1, 0.15) is 0 Å². The number of aromatic carboxylic acids is 1. The van der Waals surface area contributed by atoms with Crippen LogP contribution in [0.5, 0.6) is 5.75 Å². The number of aromatic nitrogens is 1. The van der Waals surface area contributed by atoms with Gasteiger partial charge in [-0.15, -0.1) is 0 Å². The molecule has 1 heterocycles. The number of aromatic hydroxyl groups is 1. The summed E-state index contributed by atoms with van der Waals surface area (Å²) in [6.07, 6.45) is 0. The highest BCUT2D eigenvalue weighted by Crippen LogP contribution is 2.27. The maximum absolute atomic E-state index is 11.3. The molecule has 2 aromatic carbocycles. The van der Waals surface area contributed by atoms with Crippen LogP contribution in [0.25, 0.3) is 22.0 Å². The normalized spacial score (nSPS) is 10.7. The van der Waals surface area contributed by atoms with Gasteiger partial charge in [0.05, 0.1) is 5.56 Å². The third-order valence-electron chi connectivity index (χ3n) is 3.29. The van der Waals surface area contributed by atoms with Crippen molar-refractivity contribution in [2.75, 3.05) is 0 Å². The van der Waals surface area contributed by atoms with Crippen molar-refractivity contribution in [3.8, 4) is 16.9 Å². The van der Waals surface area contributed by atoms with Gasteiger partial charge in [0.15, 0.2) is 5.75 Å². The summed E-state index contributed by atoms with van der Waals surface area (Å²) >= 11 is 0. The Bertz CT molecular complexity index is 912. The van der Waals surface area contributed by atoms with Crippen molar-refractivity contribution in [2.24, 2.45) is 0 Å². The monoisotopic (exact) mass is 281 g/mol. The number of rotatable bonds is 2. The molecule has 0 radical (unpaired) electrons. The minimum atomic E-state index is -1.00. The Morgan fingerprint density at radius 2 is 1.81 bits per heavy atom. The fourth-order valence-corrected chi connectivity index (χ4v) is 2.28. The molecule has 0 bridgehead atoms. The second-order valence-corrected chi connectivity index (χ2v) is 4.64. The quantitative estimate of drug-likeness (QED) is 0.673. The molecule has 0 aliphatic rings. The Labute approximate surface area is 119 Å². The second kappa shape index (κ2) is 4.79. The lowest BCUT2D eigenvalue weighted by Gasteiger charge is -2.07. The number of hydrogen-bond donors (Lipinski definition) is 3. The van der Waals surface area contributed by atoms with E-state index in [1.165, 1.54) is 12.1 Å². The fourth-order valence-electron chi connectivity index (χ4n) is 2.28. The molecular weight excluding hydrogens is 270 g/mol. The number of hydrogen-bond acceptors (Lipinski definition) is 3. The van der Waals surface area contributed by atoms with Gasteiger partial charge in [-0.3, -0.25) is 4.79 Å². The van der Waals surface area contributed by atoms with E-state index < -0.39 is 11.5 Å². The Balaban J connectivity index is 2.25. The lowest BCUT2D eigenvalue weighted by Crippen LogP contribution is -2.04. The highest BCUT2D eigenvalue weighted by Gasteiger charge is 2.11. The van der Waals surface area contributed by atoms with Crippen molar-refractivity contribution in [3.05, 3.63) is 64.4 Å². The Hall–Kier alpha value is -3.08. The molecule has 3 rings (SSSR count). The van der Waals surface area contributed by atoms with Gasteiger partial charge in [-0.25, -0.2) is 4.79 Å². The molecule has 1 aromatic heterocycles. The predicted molar refractivity (Wildman–Crippen MR) is 78.6 cm³/mol. The molecule has 21 heavy (non-hydrogen) atoms. The summed E-state index contributed by atoms with van der Waals surface area (Å²) in [5.41, 5.74) is 1.51. The maximum atomic E-state index is 11.3. The first-order chi connectivity index (χ1) is 10.1. The predicted octanol–water partition coefficient (Wildman–Crippen LogP) is 2.60. The van der Waals surface area contributed by atoms with E-state index in [4.69, 9.17) is 0 Å². The summed E-state index contributed by atoms with van der Waals surface area (Å²) in [7, 11) is 0. The Morgan fingerprint density at radius 3 is 2.57 bits per heavy atom. The molecule has 3 N–H and O–H groups in total. The zero-order valence-corrected chi connectivity index (χ0v) is 10.8. The minimum Gasteiger partial charge on any atom is -0.503 e. The number of carboxylic acid groups (broad SMARTS) is 1. The van der Waals surface area contributed by atoms with Crippen LogP contribution >= 0.6 is 0 Å². The van der Waals surface area contributed by atoms with Gasteiger partial charge in [-0.1, -0.05) is 24.3 Å². The van der Waals surface area contributed by atoms with Crippen molar-refractivity contribution in [2.45, 2.75) is 0 Å². The van der Waals surface area contributed by atoms with Gasteiger partial charge < -0.3 is 15.2 Å². The number of carbonyl (C=O) groups is 1. The molecule has 5 heteroatoms. The van der Waals surface area contributed by atoms with E-state index >= 15 is 0 Å². The summed E-state index contributed by atoms with van der Waals surface area (Å²) in [6, 6.07) is 13.2. The highest BCUT2D eigenvalue weighted by atomic mass is 16.4. The Morgan fingerprint density at radius 1 is 1.05 bits per heavy atom. The molecule has 0 amide bonds. The van der Waals surface area contributed by atoms with Gasteiger partial charge in [0.2, 0.25) is 0 Å². The average Bonchev–Trinajstić information content (AvgIpc) is 2.48. The number of aromatic amines is 1. The van der Waals surface area contributed by atoms with Crippen LogP contribution in [0, 0.1) is 0 Å². The van der Waals surface area contributed by atoms with Crippen LogP contribution in [-0.2, 0) is 0 Å². The van der Waals surface area contributed by atoms with E-state index in [1.807, 2.05) is 0 Å². The first kappa shape index (κ1) is 12.9. The summed E-state index contributed by atoms with van der Waals surface area (Å²) in [4.78, 5) is 25.2. The summed E-state index contributed by atoms with van der Waals surface area (Å²) < 4.78 is 0. The smallest absolute Gasteiger partial charge is 0.336 e. The molecule has 0 aliphatic carbocycles. The molecule has 0 unspecified atom stereocenters. The molecule has 0 atom stereocenters. The van der Waals surface area contributed by atoms with Crippen LogP contribution in [0.1, 0.15) is 10.4 Å². The van der Waals surface area contributed by atoms with Crippen LogP contribution in [0.3, 0.4) is 0 Å². The standard InChI is InChI=1S/C16H11NO4/c18-14-8-10-7-9(5-6-13(10)17-15(14)19)11-3-1-2-4-12(11)16(20)21/h1-8,18H,(H,17,19)(H,20,21). The van der Waals surface area contributed by atoms with Crippen LogP contribution in [0.15, 0.2) is 53.3 Å². The van der Waals surface area contributed by atoms with Crippen molar-refractivity contribution in [3.63, 3.8) is 0 Å². The third-order valence-corrected chi connectivity index (χ3v) is 3.29. The van der Waals surface area contributed by atoms with Crippen LogP contribution < -0.4 is 5.56 Å². The molecule has 0 spiro atoms. The minimum absolute atomic E-state index is 0.200. The molecule has 0 aliphatic heterocycles. The maximum Gasteiger partial charge on any atom is 0.336 e.